The number of carbonyl (C=O) groups excluding carboxylic acids is 3. The van der Waals surface area contributed by atoms with Crippen LogP contribution in [-0.4, -0.2) is 49.9 Å². The van der Waals surface area contributed by atoms with Crippen LogP contribution in [-0.2, 0) is 14.3 Å². The molecule has 1 rings (SSSR count). The lowest BCUT2D eigenvalue weighted by atomic mass is 10.2. The van der Waals surface area contributed by atoms with Crippen LogP contribution in [0.1, 0.15) is 17.5 Å². The van der Waals surface area contributed by atoms with Gasteiger partial charge in [0.05, 0.1) is 19.6 Å². The van der Waals surface area contributed by atoms with Crippen molar-refractivity contribution in [3.63, 3.8) is 0 Å². The van der Waals surface area contributed by atoms with Gasteiger partial charge in [-0.2, -0.15) is 0 Å². The second-order valence-corrected chi connectivity index (χ2v) is 5.27. The number of nitrogens with one attached hydrogen (secondary N) is 1. The molecule has 8 heteroatoms. The third kappa shape index (κ3) is 5.22. The van der Waals surface area contributed by atoms with Gasteiger partial charge >= 0.3 is 5.97 Å². The fourth-order valence-corrected chi connectivity index (χ4v) is 1.91. The molecule has 0 saturated carbocycles. The summed E-state index contributed by atoms with van der Waals surface area (Å²) in [6.45, 7) is 1.70. The van der Waals surface area contributed by atoms with Crippen molar-refractivity contribution in [1.29, 1.82) is 0 Å². The lowest BCUT2D eigenvalue weighted by Gasteiger charge is -2.20. The maximum atomic E-state index is 11.8. The smallest absolute Gasteiger partial charge is 0.310 e. The Bertz CT molecular complexity index is 528. The largest absolute Gasteiger partial charge is 0.469 e. The molecule has 1 unspecified atom stereocenters. The van der Waals surface area contributed by atoms with Crippen molar-refractivity contribution in [1.82, 2.24) is 10.2 Å². The van der Waals surface area contributed by atoms with Gasteiger partial charge in [0.2, 0.25) is 5.91 Å². The monoisotopic (exact) mass is 360 g/mol. The topological polar surface area (TPSA) is 88.9 Å². The average Bonchev–Trinajstić information content (AvgIpc) is 2.89. The number of rotatable bonds is 6. The molecular formula is C13H17BrN2O5. The van der Waals surface area contributed by atoms with Crippen molar-refractivity contribution in [3.8, 4) is 0 Å². The molecule has 0 bridgehead atoms. The molecule has 1 heterocycles. The summed E-state index contributed by atoms with van der Waals surface area (Å²) in [5.74, 6) is -1.51. The first-order valence-corrected chi connectivity index (χ1v) is 6.99. The zero-order valence-corrected chi connectivity index (χ0v) is 13.6. The molecule has 0 aromatic carbocycles. The van der Waals surface area contributed by atoms with Crippen LogP contribution >= 0.6 is 15.9 Å². The van der Waals surface area contributed by atoms with Gasteiger partial charge < -0.3 is 19.4 Å². The van der Waals surface area contributed by atoms with E-state index in [1.165, 1.54) is 18.1 Å². The van der Waals surface area contributed by atoms with Crippen LogP contribution in [0.2, 0.25) is 0 Å². The zero-order chi connectivity index (χ0) is 16.0. The Kier molecular flexibility index (Phi) is 6.41. The van der Waals surface area contributed by atoms with Crippen molar-refractivity contribution in [3.05, 3.63) is 22.6 Å². The van der Waals surface area contributed by atoms with Gasteiger partial charge in [-0.05, 0) is 28.1 Å². The van der Waals surface area contributed by atoms with Crippen molar-refractivity contribution < 1.29 is 23.5 Å². The number of ether oxygens (including phenoxy) is 1. The van der Waals surface area contributed by atoms with Crippen molar-refractivity contribution in [2.24, 2.45) is 5.92 Å². The summed E-state index contributed by atoms with van der Waals surface area (Å²) in [6, 6.07) is 3.08. The molecular weight excluding hydrogens is 344 g/mol. The lowest BCUT2D eigenvalue weighted by Crippen LogP contribution is -2.41. The fraction of sp³-hybridized carbons (Fsp3) is 0.462. The van der Waals surface area contributed by atoms with Gasteiger partial charge in [-0.15, -0.1) is 0 Å². The Labute approximate surface area is 130 Å². The predicted octanol–water partition coefficient (Wildman–Crippen LogP) is 1.04. The standard InChI is InChI=1S/C13H17BrN2O5/c1-8(13(19)20-3)7-16(2)11(17)6-15-12(18)9-4-5-10(14)21-9/h4-5,8H,6-7H2,1-3H3,(H,15,18). The summed E-state index contributed by atoms with van der Waals surface area (Å²) in [6.07, 6.45) is 0. The Balaban J connectivity index is 2.42. The third-order valence-corrected chi connectivity index (χ3v) is 3.20. The summed E-state index contributed by atoms with van der Waals surface area (Å²) in [7, 11) is 2.85. The molecule has 0 saturated heterocycles. The molecule has 0 radical (unpaired) electrons. The summed E-state index contributed by atoms with van der Waals surface area (Å²) >= 11 is 3.09. The van der Waals surface area contributed by atoms with Crippen molar-refractivity contribution >= 4 is 33.7 Å². The highest BCUT2D eigenvalue weighted by atomic mass is 79.9. The predicted molar refractivity (Wildman–Crippen MR) is 77.6 cm³/mol. The third-order valence-electron chi connectivity index (χ3n) is 2.77. The quantitative estimate of drug-likeness (QED) is 0.765. The minimum absolute atomic E-state index is 0.111. The Morgan fingerprint density at radius 1 is 1.43 bits per heavy atom. The van der Waals surface area contributed by atoms with Gasteiger partial charge in [-0.3, -0.25) is 14.4 Å². The van der Waals surface area contributed by atoms with Crippen LogP contribution < -0.4 is 5.32 Å². The van der Waals surface area contributed by atoms with Crippen molar-refractivity contribution in [2.45, 2.75) is 6.92 Å². The second-order valence-electron chi connectivity index (χ2n) is 4.48. The average molecular weight is 361 g/mol. The SMILES string of the molecule is COC(=O)C(C)CN(C)C(=O)CNC(=O)c1ccc(Br)o1. The fourth-order valence-electron chi connectivity index (χ4n) is 1.60. The van der Waals surface area contributed by atoms with Crippen LogP contribution in [0.25, 0.3) is 0 Å². The number of halogens is 1. The first-order valence-electron chi connectivity index (χ1n) is 6.20. The van der Waals surface area contributed by atoms with E-state index in [0.717, 1.165) is 0 Å². The summed E-state index contributed by atoms with van der Waals surface area (Å²) < 4.78 is 10.1. The molecule has 116 valence electrons. The van der Waals surface area contributed by atoms with E-state index in [-0.39, 0.29) is 30.7 Å². The number of likely N-dealkylation sites (N-methyl/N-ethyl adjacent to an activating group) is 1. The molecule has 1 atom stereocenters. The van der Waals surface area contributed by atoms with Gasteiger partial charge in [-0.1, -0.05) is 6.92 Å². The zero-order valence-electron chi connectivity index (χ0n) is 12.0. The van der Waals surface area contributed by atoms with E-state index < -0.39 is 11.8 Å². The van der Waals surface area contributed by atoms with E-state index in [2.05, 4.69) is 26.0 Å². The maximum absolute atomic E-state index is 11.8. The molecule has 1 N–H and O–H groups in total. The molecule has 0 aliphatic rings. The van der Waals surface area contributed by atoms with Gasteiger partial charge in [0, 0.05) is 13.6 Å². The first kappa shape index (κ1) is 17.2. The molecule has 7 nitrogen and oxygen atoms in total. The summed E-state index contributed by atoms with van der Waals surface area (Å²) in [5, 5.41) is 2.45. The number of nitrogens with zero attached hydrogens (tertiary/aromatic N) is 1. The highest BCUT2D eigenvalue weighted by Crippen LogP contribution is 2.13. The first-order chi connectivity index (χ1) is 9.85. The highest BCUT2D eigenvalue weighted by molar-refractivity contribution is 9.10. The van der Waals surface area contributed by atoms with E-state index in [1.807, 2.05) is 0 Å². The lowest BCUT2D eigenvalue weighted by molar-refractivity contribution is -0.146. The Morgan fingerprint density at radius 2 is 2.10 bits per heavy atom. The number of esters is 1. The molecule has 0 aliphatic carbocycles. The molecule has 21 heavy (non-hydrogen) atoms. The minimum Gasteiger partial charge on any atom is -0.469 e. The second kappa shape index (κ2) is 7.82. The summed E-state index contributed by atoms with van der Waals surface area (Å²) in [4.78, 5) is 36.2. The van der Waals surface area contributed by atoms with Crippen LogP contribution in [0, 0.1) is 5.92 Å². The van der Waals surface area contributed by atoms with Crippen LogP contribution in [0.15, 0.2) is 21.2 Å². The van der Waals surface area contributed by atoms with Gasteiger partial charge in [0.15, 0.2) is 10.4 Å². The molecule has 0 fully saturated rings. The molecule has 0 aliphatic heterocycles. The molecule has 0 spiro atoms. The number of carbonyl (C=O) groups is 3. The van der Waals surface area contributed by atoms with Gasteiger partial charge in [0.1, 0.15) is 0 Å². The van der Waals surface area contributed by atoms with E-state index >= 15 is 0 Å². The van der Waals surface area contributed by atoms with Crippen LogP contribution in [0.3, 0.4) is 0 Å². The van der Waals surface area contributed by atoms with Crippen LogP contribution in [0.5, 0.6) is 0 Å². The number of amides is 2. The highest BCUT2D eigenvalue weighted by Gasteiger charge is 2.19. The molecule has 1 aromatic heterocycles. The van der Waals surface area contributed by atoms with E-state index in [0.29, 0.717) is 4.67 Å². The maximum Gasteiger partial charge on any atom is 0.310 e. The van der Waals surface area contributed by atoms with E-state index in [1.54, 1.807) is 20.0 Å². The number of methoxy groups -OCH3 is 1. The van der Waals surface area contributed by atoms with Crippen molar-refractivity contribution in [2.75, 3.05) is 27.2 Å². The van der Waals surface area contributed by atoms with Gasteiger partial charge in [-0.25, -0.2) is 0 Å². The van der Waals surface area contributed by atoms with E-state index in [9.17, 15) is 14.4 Å². The normalized spacial score (nSPS) is 11.6. The Morgan fingerprint density at radius 3 is 2.62 bits per heavy atom. The molecule has 2 amide bonds. The number of furan rings is 1. The summed E-state index contributed by atoms with van der Waals surface area (Å²) in [5.41, 5.74) is 0. The van der Waals surface area contributed by atoms with Gasteiger partial charge in [0.25, 0.3) is 5.91 Å². The van der Waals surface area contributed by atoms with E-state index in [4.69, 9.17) is 4.42 Å². The molecule has 1 aromatic rings. The minimum atomic E-state index is -0.483. The number of hydrogen-bond acceptors (Lipinski definition) is 5. The van der Waals surface area contributed by atoms with Crippen LogP contribution in [0.4, 0.5) is 0 Å². The Hall–Kier alpha value is -1.83. The number of hydrogen-bond donors (Lipinski definition) is 1.